The maximum absolute atomic E-state index is 12.9. The molecule has 2 fully saturated rings. The van der Waals surface area contributed by atoms with Gasteiger partial charge in [0.1, 0.15) is 54.9 Å². The minimum Gasteiger partial charge on any atom is -0.457 e. The van der Waals surface area contributed by atoms with E-state index in [-0.39, 0.29) is 19.6 Å². The number of unbranched alkanes of at least 4 members (excludes halogenated alkanes) is 12. The summed E-state index contributed by atoms with van der Waals surface area (Å²) >= 11 is 0. The van der Waals surface area contributed by atoms with Crippen LogP contribution in [-0.4, -0.2) is 142 Å². The summed E-state index contributed by atoms with van der Waals surface area (Å²) in [4.78, 5) is 12.9. The van der Waals surface area contributed by atoms with E-state index in [1.807, 2.05) is 0 Å². The number of hydrogen-bond donors (Lipinski definition) is 7. The molecule has 11 atom stereocenters. The van der Waals surface area contributed by atoms with Crippen LogP contribution in [0.4, 0.5) is 0 Å². The van der Waals surface area contributed by atoms with Crippen LogP contribution >= 0.6 is 0 Å². The number of esters is 1. The molecular formula is C49H84O14. The fourth-order valence-corrected chi connectivity index (χ4v) is 7.09. The van der Waals surface area contributed by atoms with Crippen molar-refractivity contribution in [2.24, 2.45) is 0 Å². The monoisotopic (exact) mass is 897 g/mol. The Bertz CT molecular complexity index is 1270. The molecule has 0 aromatic rings. The molecular weight excluding hydrogens is 813 g/mol. The molecule has 0 aromatic heterocycles. The highest BCUT2D eigenvalue weighted by atomic mass is 16.7. The lowest BCUT2D eigenvalue weighted by atomic mass is 9.98. The van der Waals surface area contributed by atoms with Crippen molar-refractivity contribution < 1.29 is 69.0 Å². The Morgan fingerprint density at radius 3 is 1.63 bits per heavy atom. The Labute approximate surface area is 377 Å². The van der Waals surface area contributed by atoms with Crippen molar-refractivity contribution in [2.45, 2.75) is 210 Å². The summed E-state index contributed by atoms with van der Waals surface area (Å²) in [6.07, 6.45) is 25.7. The molecule has 0 saturated carbocycles. The molecule has 0 spiro atoms. The fraction of sp³-hybridized carbons (Fsp3) is 0.776. The number of rotatable bonds is 36. The highest BCUT2D eigenvalue weighted by molar-refractivity contribution is 5.69. The topological polar surface area (TPSA) is 214 Å². The molecule has 2 aliphatic heterocycles. The lowest BCUT2D eigenvalue weighted by molar-refractivity contribution is -0.332. The molecule has 0 aromatic carbocycles. The van der Waals surface area contributed by atoms with Crippen molar-refractivity contribution in [1.82, 2.24) is 0 Å². The maximum atomic E-state index is 12.9. The summed E-state index contributed by atoms with van der Waals surface area (Å²) < 4.78 is 34.1. The van der Waals surface area contributed by atoms with Gasteiger partial charge >= 0.3 is 5.97 Å². The molecule has 7 N–H and O–H groups in total. The molecule has 0 aliphatic carbocycles. The molecule has 2 aliphatic rings. The smallest absolute Gasteiger partial charge is 0.306 e. The molecule has 0 amide bonds. The van der Waals surface area contributed by atoms with Gasteiger partial charge < -0.3 is 64.2 Å². The summed E-state index contributed by atoms with van der Waals surface area (Å²) in [6, 6.07) is 0. The predicted octanol–water partition coefficient (Wildman–Crippen LogP) is 6.18. The lowest BCUT2D eigenvalue weighted by Crippen LogP contribution is -2.61. The number of allylic oxidation sites excluding steroid dienone is 10. The second-order valence-corrected chi connectivity index (χ2v) is 16.5. The molecule has 2 saturated heterocycles. The second-order valence-electron chi connectivity index (χ2n) is 16.5. The van der Waals surface area contributed by atoms with Crippen LogP contribution in [-0.2, 0) is 33.2 Å². The standard InChI is InChI=1S/C49H84O14/c1-3-5-7-9-11-13-15-17-18-19-21-23-25-27-29-31-33-58-35-38(61-41(51)32-30-28-26-24-22-20-16-14-12-10-8-6-4-2)36-59-48-47(57)45(55)43(53)40(63-48)37-60-49-46(56)44(54)42(52)39(34-50)62-49/h5,7,11,13-14,16-18,21,23,38-40,42-50,52-57H,3-4,6,8-10,12,15,19-20,22,24-37H2,1-2H3/b7-5-,13-11-,16-14-,18-17-,23-21-. The van der Waals surface area contributed by atoms with Crippen molar-refractivity contribution in [1.29, 1.82) is 0 Å². The molecule has 14 nitrogen and oxygen atoms in total. The van der Waals surface area contributed by atoms with Crippen molar-refractivity contribution in [2.75, 3.05) is 33.0 Å². The van der Waals surface area contributed by atoms with Crippen molar-refractivity contribution in [3.05, 3.63) is 60.8 Å². The van der Waals surface area contributed by atoms with Crippen LogP contribution in [0, 0.1) is 0 Å². The first-order valence-corrected chi connectivity index (χ1v) is 23.9. The van der Waals surface area contributed by atoms with Gasteiger partial charge in [-0.05, 0) is 77.0 Å². The summed E-state index contributed by atoms with van der Waals surface area (Å²) in [6.45, 7) is 3.44. The second kappa shape index (κ2) is 36.9. The third kappa shape index (κ3) is 25.3. The zero-order valence-corrected chi connectivity index (χ0v) is 38.3. The lowest BCUT2D eigenvalue weighted by Gasteiger charge is -2.42. The molecule has 2 rings (SSSR count). The first kappa shape index (κ1) is 56.8. The average molecular weight is 897 g/mol. The number of aliphatic hydroxyl groups is 7. The number of ether oxygens (including phenoxy) is 6. The number of carbonyl (C=O) groups excluding carboxylic acids is 1. The van der Waals surface area contributed by atoms with Gasteiger partial charge in [-0.2, -0.15) is 0 Å². The van der Waals surface area contributed by atoms with Crippen LogP contribution in [0.3, 0.4) is 0 Å². The summed E-state index contributed by atoms with van der Waals surface area (Å²) in [5.41, 5.74) is 0. The molecule has 2 heterocycles. The van der Waals surface area contributed by atoms with Crippen LogP contribution in [0.15, 0.2) is 60.8 Å². The minimum absolute atomic E-state index is 0.0341. The van der Waals surface area contributed by atoms with Gasteiger partial charge in [-0.15, -0.1) is 0 Å². The van der Waals surface area contributed by atoms with Gasteiger partial charge in [0.2, 0.25) is 0 Å². The quantitative estimate of drug-likeness (QED) is 0.0213. The van der Waals surface area contributed by atoms with Gasteiger partial charge in [-0.1, -0.05) is 120 Å². The van der Waals surface area contributed by atoms with Crippen LogP contribution < -0.4 is 0 Å². The van der Waals surface area contributed by atoms with E-state index in [9.17, 15) is 40.5 Å². The van der Waals surface area contributed by atoms with Gasteiger partial charge in [-0.3, -0.25) is 4.79 Å². The van der Waals surface area contributed by atoms with E-state index in [0.29, 0.717) is 13.0 Å². The first-order valence-electron chi connectivity index (χ1n) is 23.9. The van der Waals surface area contributed by atoms with E-state index in [0.717, 1.165) is 89.9 Å². The zero-order valence-electron chi connectivity index (χ0n) is 38.3. The van der Waals surface area contributed by atoms with Gasteiger partial charge in [0.25, 0.3) is 0 Å². The van der Waals surface area contributed by atoms with Gasteiger partial charge in [0, 0.05) is 13.0 Å². The maximum Gasteiger partial charge on any atom is 0.306 e. The Morgan fingerprint density at radius 1 is 0.540 bits per heavy atom. The minimum atomic E-state index is -1.72. The van der Waals surface area contributed by atoms with E-state index < -0.39 is 86.7 Å². The average Bonchev–Trinajstić information content (AvgIpc) is 3.28. The van der Waals surface area contributed by atoms with E-state index >= 15 is 0 Å². The molecule has 11 unspecified atom stereocenters. The number of aliphatic hydroxyl groups excluding tert-OH is 7. The molecule has 0 bridgehead atoms. The van der Waals surface area contributed by atoms with Crippen molar-refractivity contribution >= 4 is 5.97 Å². The molecule has 364 valence electrons. The molecule has 14 heteroatoms. The van der Waals surface area contributed by atoms with Crippen LogP contribution in [0.2, 0.25) is 0 Å². The summed E-state index contributed by atoms with van der Waals surface area (Å²) in [5, 5.41) is 72.0. The summed E-state index contributed by atoms with van der Waals surface area (Å²) in [7, 11) is 0. The van der Waals surface area contributed by atoms with E-state index in [2.05, 4.69) is 74.6 Å². The van der Waals surface area contributed by atoms with E-state index in [1.54, 1.807) is 0 Å². The zero-order chi connectivity index (χ0) is 45.9. The Kier molecular flexibility index (Phi) is 33.2. The summed E-state index contributed by atoms with van der Waals surface area (Å²) in [5.74, 6) is -0.400. The van der Waals surface area contributed by atoms with Crippen LogP contribution in [0.1, 0.15) is 142 Å². The van der Waals surface area contributed by atoms with Crippen molar-refractivity contribution in [3.63, 3.8) is 0 Å². The molecule has 0 radical (unpaired) electrons. The third-order valence-corrected chi connectivity index (χ3v) is 11.0. The first-order chi connectivity index (χ1) is 30.6. The normalized spacial score (nSPS) is 27.5. The molecule has 63 heavy (non-hydrogen) atoms. The van der Waals surface area contributed by atoms with Gasteiger partial charge in [0.15, 0.2) is 12.6 Å². The largest absolute Gasteiger partial charge is 0.457 e. The third-order valence-electron chi connectivity index (χ3n) is 11.0. The number of carbonyl (C=O) groups is 1. The van der Waals surface area contributed by atoms with Crippen LogP contribution in [0.25, 0.3) is 0 Å². The van der Waals surface area contributed by atoms with Crippen LogP contribution in [0.5, 0.6) is 0 Å². The van der Waals surface area contributed by atoms with E-state index in [4.69, 9.17) is 28.4 Å². The Morgan fingerprint density at radius 2 is 1.03 bits per heavy atom. The highest BCUT2D eigenvalue weighted by Crippen LogP contribution is 2.26. The van der Waals surface area contributed by atoms with E-state index in [1.165, 1.54) is 25.7 Å². The van der Waals surface area contributed by atoms with Gasteiger partial charge in [0.05, 0.1) is 26.4 Å². The van der Waals surface area contributed by atoms with Gasteiger partial charge in [-0.25, -0.2) is 0 Å². The number of hydrogen-bond acceptors (Lipinski definition) is 14. The Balaban J connectivity index is 1.82. The van der Waals surface area contributed by atoms with Crippen molar-refractivity contribution in [3.8, 4) is 0 Å². The predicted molar refractivity (Wildman–Crippen MR) is 242 cm³/mol. The fourth-order valence-electron chi connectivity index (χ4n) is 7.09. The highest BCUT2D eigenvalue weighted by Gasteiger charge is 2.47. The Hall–Kier alpha value is -2.31. The SMILES string of the molecule is CC/C=C\C/C=C\C/C=C\C/C=C\CCCCCOCC(COC1OC(COC2OC(CO)C(O)C(O)C2O)C(O)C(O)C1O)OC(=O)CCCCCCC/C=C\CCCCCC.